The normalized spacial score (nSPS) is 10.3. The number of nitrogens with zero attached hydrogens (tertiary/aromatic N) is 1. The second-order valence-corrected chi connectivity index (χ2v) is 3.48. The van der Waals surface area contributed by atoms with E-state index in [0.29, 0.717) is 6.54 Å². The van der Waals surface area contributed by atoms with Crippen molar-refractivity contribution in [1.82, 2.24) is 10.7 Å². The zero-order valence-corrected chi connectivity index (χ0v) is 9.94. The van der Waals surface area contributed by atoms with E-state index in [0.717, 1.165) is 12.6 Å². The third kappa shape index (κ3) is 4.32. The second kappa shape index (κ2) is 7.16. The predicted octanol–water partition coefficient (Wildman–Crippen LogP) is 0.802. The Morgan fingerprint density at radius 1 is 1.33 bits per heavy atom. The molecule has 0 aromatic heterocycles. The van der Waals surface area contributed by atoms with E-state index in [1.165, 1.54) is 12.1 Å². The van der Waals surface area contributed by atoms with Crippen molar-refractivity contribution in [2.24, 2.45) is 5.10 Å². The lowest BCUT2D eigenvalue weighted by Crippen LogP contribution is -2.38. The number of carbonyl (C=O) groups is 2. The summed E-state index contributed by atoms with van der Waals surface area (Å²) in [6.45, 7) is 2.29. The van der Waals surface area contributed by atoms with Crippen LogP contribution in [0.15, 0.2) is 29.4 Å². The van der Waals surface area contributed by atoms with Gasteiger partial charge in [-0.15, -0.1) is 0 Å². The molecule has 2 N–H and O–H groups in total. The fourth-order valence-electron chi connectivity index (χ4n) is 1.11. The SMILES string of the molecule is CCCNC(=O)C(=O)NN=Cc1ccccc1F. The summed E-state index contributed by atoms with van der Waals surface area (Å²) in [5.74, 6) is -2.09. The molecule has 0 fully saturated rings. The molecule has 1 rings (SSSR count). The monoisotopic (exact) mass is 251 g/mol. The molecule has 2 amide bonds. The zero-order chi connectivity index (χ0) is 13.4. The largest absolute Gasteiger partial charge is 0.348 e. The van der Waals surface area contributed by atoms with Gasteiger partial charge < -0.3 is 5.32 Å². The van der Waals surface area contributed by atoms with Crippen molar-refractivity contribution >= 4 is 18.0 Å². The standard InChI is InChI=1S/C12H14FN3O2/c1-2-7-14-11(17)12(18)16-15-8-9-5-3-4-6-10(9)13/h3-6,8H,2,7H2,1H3,(H,14,17)(H,16,18). The Morgan fingerprint density at radius 2 is 2.06 bits per heavy atom. The molecule has 18 heavy (non-hydrogen) atoms. The van der Waals surface area contributed by atoms with Crippen LogP contribution in [0.25, 0.3) is 0 Å². The van der Waals surface area contributed by atoms with E-state index in [-0.39, 0.29) is 5.56 Å². The van der Waals surface area contributed by atoms with Crippen LogP contribution in [-0.4, -0.2) is 24.6 Å². The highest BCUT2D eigenvalue weighted by Crippen LogP contribution is 2.02. The quantitative estimate of drug-likeness (QED) is 0.472. The molecule has 0 aliphatic heterocycles. The Balaban J connectivity index is 2.48. The first-order chi connectivity index (χ1) is 8.65. The highest BCUT2D eigenvalue weighted by atomic mass is 19.1. The number of carbonyl (C=O) groups excluding carboxylic acids is 2. The summed E-state index contributed by atoms with van der Waals surface area (Å²) in [5, 5.41) is 5.90. The van der Waals surface area contributed by atoms with Crippen LogP contribution in [0.4, 0.5) is 4.39 Å². The third-order valence-electron chi connectivity index (χ3n) is 2.02. The maximum absolute atomic E-state index is 13.2. The maximum Gasteiger partial charge on any atom is 0.329 e. The van der Waals surface area contributed by atoms with Gasteiger partial charge in [0.15, 0.2) is 0 Å². The summed E-state index contributed by atoms with van der Waals surface area (Å²) in [4.78, 5) is 22.3. The van der Waals surface area contributed by atoms with Gasteiger partial charge in [-0.25, -0.2) is 9.82 Å². The molecular weight excluding hydrogens is 237 g/mol. The molecule has 1 aromatic rings. The molecule has 6 heteroatoms. The molecule has 96 valence electrons. The first-order valence-electron chi connectivity index (χ1n) is 5.51. The van der Waals surface area contributed by atoms with Crippen molar-refractivity contribution in [2.45, 2.75) is 13.3 Å². The number of halogens is 1. The van der Waals surface area contributed by atoms with Gasteiger partial charge in [0.1, 0.15) is 5.82 Å². The van der Waals surface area contributed by atoms with Crippen LogP contribution in [0.5, 0.6) is 0 Å². The Labute approximate surface area is 104 Å². The topological polar surface area (TPSA) is 70.6 Å². The van der Waals surface area contributed by atoms with E-state index in [1.807, 2.05) is 12.3 Å². The molecular formula is C12H14FN3O2. The van der Waals surface area contributed by atoms with E-state index in [2.05, 4.69) is 10.4 Å². The van der Waals surface area contributed by atoms with Crippen LogP contribution < -0.4 is 10.7 Å². The molecule has 1 aromatic carbocycles. The van der Waals surface area contributed by atoms with Gasteiger partial charge in [0.05, 0.1) is 6.21 Å². The molecule has 0 aliphatic rings. The first-order valence-corrected chi connectivity index (χ1v) is 5.51. The Bertz CT molecular complexity index is 460. The summed E-state index contributed by atoms with van der Waals surface area (Å²) in [5.41, 5.74) is 2.25. The Kier molecular flexibility index (Phi) is 5.50. The molecule has 0 spiro atoms. The van der Waals surface area contributed by atoms with Crippen LogP contribution in [0.3, 0.4) is 0 Å². The van der Waals surface area contributed by atoms with Crippen LogP contribution in [0.2, 0.25) is 0 Å². The number of rotatable bonds is 4. The molecule has 5 nitrogen and oxygen atoms in total. The summed E-state index contributed by atoms with van der Waals surface area (Å²) in [6, 6.07) is 5.96. The van der Waals surface area contributed by atoms with E-state index < -0.39 is 17.6 Å². The van der Waals surface area contributed by atoms with Crippen LogP contribution in [0, 0.1) is 5.82 Å². The lowest BCUT2D eigenvalue weighted by atomic mass is 10.2. The average Bonchev–Trinajstić information content (AvgIpc) is 2.38. The summed E-state index contributed by atoms with van der Waals surface area (Å²) < 4.78 is 13.2. The van der Waals surface area contributed by atoms with Gasteiger partial charge in [0.25, 0.3) is 0 Å². The van der Waals surface area contributed by atoms with Crippen molar-refractivity contribution in [3.63, 3.8) is 0 Å². The fourth-order valence-corrected chi connectivity index (χ4v) is 1.11. The highest BCUT2D eigenvalue weighted by Gasteiger charge is 2.10. The van der Waals surface area contributed by atoms with Gasteiger partial charge in [-0.05, 0) is 12.5 Å². The number of benzene rings is 1. The van der Waals surface area contributed by atoms with E-state index in [9.17, 15) is 14.0 Å². The van der Waals surface area contributed by atoms with Gasteiger partial charge in [-0.1, -0.05) is 25.1 Å². The van der Waals surface area contributed by atoms with Crippen LogP contribution in [-0.2, 0) is 9.59 Å². The van der Waals surface area contributed by atoms with Crippen molar-refractivity contribution in [3.05, 3.63) is 35.6 Å². The number of nitrogens with one attached hydrogen (secondary N) is 2. The smallest absolute Gasteiger partial charge is 0.329 e. The maximum atomic E-state index is 13.2. The van der Waals surface area contributed by atoms with Crippen LogP contribution in [0.1, 0.15) is 18.9 Å². The molecule has 0 atom stereocenters. The molecule has 0 heterocycles. The Morgan fingerprint density at radius 3 is 2.72 bits per heavy atom. The number of hydrogen-bond donors (Lipinski definition) is 2. The van der Waals surface area contributed by atoms with E-state index >= 15 is 0 Å². The molecule has 0 saturated carbocycles. The fraction of sp³-hybridized carbons (Fsp3) is 0.250. The number of hydrazone groups is 1. The van der Waals surface area contributed by atoms with Gasteiger partial charge in [0.2, 0.25) is 0 Å². The average molecular weight is 251 g/mol. The molecule has 0 aliphatic carbocycles. The minimum atomic E-state index is -0.879. The van der Waals surface area contributed by atoms with E-state index in [4.69, 9.17) is 0 Å². The molecule has 0 unspecified atom stereocenters. The number of hydrogen-bond acceptors (Lipinski definition) is 3. The van der Waals surface area contributed by atoms with Crippen molar-refractivity contribution in [1.29, 1.82) is 0 Å². The second-order valence-electron chi connectivity index (χ2n) is 3.48. The summed E-state index contributed by atoms with van der Waals surface area (Å²) in [6.07, 6.45) is 1.87. The molecule has 0 saturated heterocycles. The van der Waals surface area contributed by atoms with Gasteiger partial charge in [-0.2, -0.15) is 5.10 Å². The highest BCUT2D eigenvalue weighted by molar-refractivity contribution is 6.35. The number of amides is 2. The van der Waals surface area contributed by atoms with Gasteiger partial charge in [0, 0.05) is 12.1 Å². The van der Waals surface area contributed by atoms with Gasteiger partial charge in [-0.3, -0.25) is 9.59 Å². The zero-order valence-electron chi connectivity index (χ0n) is 9.94. The molecule has 0 bridgehead atoms. The predicted molar refractivity (Wildman–Crippen MR) is 65.4 cm³/mol. The van der Waals surface area contributed by atoms with Crippen LogP contribution >= 0.6 is 0 Å². The van der Waals surface area contributed by atoms with E-state index in [1.54, 1.807) is 12.1 Å². The van der Waals surface area contributed by atoms with Gasteiger partial charge >= 0.3 is 11.8 Å². The minimum absolute atomic E-state index is 0.228. The van der Waals surface area contributed by atoms with Crippen molar-refractivity contribution in [2.75, 3.05) is 6.54 Å². The minimum Gasteiger partial charge on any atom is -0.348 e. The first kappa shape index (κ1) is 13.8. The van der Waals surface area contributed by atoms with Crippen molar-refractivity contribution in [3.8, 4) is 0 Å². The summed E-state index contributed by atoms with van der Waals surface area (Å²) >= 11 is 0. The lowest BCUT2D eigenvalue weighted by molar-refractivity contribution is -0.139. The lowest BCUT2D eigenvalue weighted by Gasteiger charge is -2.01. The molecule has 0 radical (unpaired) electrons. The third-order valence-corrected chi connectivity index (χ3v) is 2.02. The summed E-state index contributed by atoms with van der Waals surface area (Å²) in [7, 11) is 0. The van der Waals surface area contributed by atoms with Crippen molar-refractivity contribution < 1.29 is 14.0 Å². The Hall–Kier alpha value is -2.24.